The number of pyridine rings is 1. The number of hydrogen-bond acceptors (Lipinski definition) is 7. The summed E-state index contributed by atoms with van der Waals surface area (Å²) in [6.45, 7) is 2.45. The van der Waals surface area contributed by atoms with Gasteiger partial charge in [-0.3, -0.25) is 4.79 Å². The van der Waals surface area contributed by atoms with Crippen molar-refractivity contribution < 1.29 is 9.21 Å². The largest absolute Gasteiger partial charge is 0.422 e. The fraction of sp³-hybridized carbons (Fsp3) is 0.375. The highest BCUT2D eigenvalue weighted by Gasteiger charge is 2.58. The Morgan fingerprint density at radius 2 is 1.76 bits per heavy atom. The van der Waals surface area contributed by atoms with Crippen molar-refractivity contribution in [1.82, 2.24) is 29.9 Å². The van der Waals surface area contributed by atoms with Crippen molar-refractivity contribution in [2.24, 2.45) is 5.92 Å². The summed E-state index contributed by atoms with van der Waals surface area (Å²) in [4.78, 5) is 25.6. The van der Waals surface area contributed by atoms with Crippen LogP contribution >= 0.6 is 11.6 Å². The van der Waals surface area contributed by atoms with Crippen molar-refractivity contribution in [1.29, 1.82) is 0 Å². The molecule has 34 heavy (non-hydrogen) atoms. The number of nitrogens with zero attached hydrogens (tertiary/aromatic N) is 7. The van der Waals surface area contributed by atoms with Crippen LogP contribution in [-0.4, -0.2) is 61.9 Å². The molecule has 4 heterocycles. The van der Waals surface area contributed by atoms with Crippen LogP contribution in [0.25, 0.3) is 22.5 Å². The quantitative estimate of drug-likeness (QED) is 0.416. The molecule has 10 heteroatoms. The van der Waals surface area contributed by atoms with Crippen molar-refractivity contribution in [2.75, 3.05) is 31.1 Å². The standard InChI is InChI=1S/C24H22ClN7O2/c25-20-6-5-19-21(26-20)27-23(34-19)31-9-7-30(8-10-31)22(33)17-3-1-16(2-4-17)18-14-32(29-28-18)24-11-15(12-24)13-24/h1-6,14-15H,7-13H2. The van der Waals surface area contributed by atoms with Crippen molar-refractivity contribution in [3.05, 3.63) is 53.3 Å². The number of halogens is 1. The summed E-state index contributed by atoms with van der Waals surface area (Å²) in [6, 6.07) is 11.6. The van der Waals surface area contributed by atoms with Gasteiger partial charge in [0.05, 0.1) is 11.7 Å². The molecule has 1 saturated heterocycles. The second kappa shape index (κ2) is 7.27. The van der Waals surface area contributed by atoms with Crippen LogP contribution in [0.2, 0.25) is 5.15 Å². The van der Waals surface area contributed by atoms with Gasteiger partial charge in [-0.25, -0.2) is 9.67 Å². The summed E-state index contributed by atoms with van der Waals surface area (Å²) >= 11 is 5.94. The molecule has 1 aliphatic heterocycles. The number of carbonyl (C=O) groups is 1. The highest BCUT2D eigenvalue weighted by Crippen LogP contribution is 2.62. The molecule has 3 aromatic heterocycles. The molecule has 1 amide bonds. The number of carbonyl (C=O) groups excluding carboxylic acids is 1. The summed E-state index contributed by atoms with van der Waals surface area (Å²) in [7, 11) is 0. The van der Waals surface area contributed by atoms with E-state index in [-0.39, 0.29) is 11.4 Å². The molecule has 172 valence electrons. The Hall–Kier alpha value is -3.46. The number of piperazine rings is 1. The Kier molecular flexibility index (Phi) is 4.27. The normalized spacial score (nSPS) is 23.6. The lowest BCUT2D eigenvalue weighted by Gasteiger charge is -2.61. The van der Waals surface area contributed by atoms with Crippen molar-refractivity contribution in [3.63, 3.8) is 0 Å². The number of amides is 1. The van der Waals surface area contributed by atoms with E-state index in [9.17, 15) is 4.79 Å². The molecule has 9 nitrogen and oxygen atoms in total. The van der Waals surface area contributed by atoms with Crippen LogP contribution in [0.3, 0.4) is 0 Å². The van der Waals surface area contributed by atoms with E-state index in [4.69, 9.17) is 16.0 Å². The van der Waals surface area contributed by atoms with E-state index in [0.29, 0.717) is 54.1 Å². The third-order valence-electron chi connectivity index (χ3n) is 7.46. The van der Waals surface area contributed by atoms with E-state index in [2.05, 4.69) is 20.3 Å². The minimum atomic E-state index is 0.0229. The Morgan fingerprint density at radius 3 is 2.47 bits per heavy atom. The predicted molar refractivity (Wildman–Crippen MR) is 126 cm³/mol. The molecule has 4 aliphatic rings. The van der Waals surface area contributed by atoms with Gasteiger partial charge in [-0.2, -0.15) is 4.98 Å². The van der Waals surface area contributed by atoms with Gasteiger partial charge >= 0.3 is 0 Å². The number of hydrogen-bond donors (Lipinski definition) is 0. The lowest BCUT2D eigenvalue weighted by atomic mass is 9.50. The highest BCUT2D eigenvalue weighted by molar-refractivity contribution is 6.29. The van der Waals surface area contributed by atoms with Crippen LogP contribution < -0.4 is 4.90 Å². The topological polar surface area (TPSA) is 93.2 Å². The monoisotopic (exact) mass is 475 g/mol. The van der Waals surface area contributed by atoms with E-state index in [1.807, 2.05) is 44.9 Å². The van der Waals surface area contributed by atoms with Gasteiger partial charge < -0.3 is 14.2 Å². The number of benzene rings is 1. The third kappa shape index (κ3) is 3.10. The maximum Gasteiger partial charge on any atom is 0.300 e. The van der Waals surface area contributed by atoms with Crippen molar-refractivity contribution in [3.8, 4) is 11.3 Å². The lowest BCUT2D eigenvalue weighted by molar-refractivity contribution is -0.0988. The summed E-state index contributed by atoms with van der Waals surface area (Å²) in [5.74, 6) is 0.917. The minimum absolute atomic E-state index is 0.0229. The van der Waals surface area contributed by atoms with Crippen LogP contribution in [0, 0.1) is 5.92 Å². The number of fused-ring (bicyclic) bond motifs is 1. The molecule has 3 saturated carbocycles. The average Bonchev–Trinajstić information content (AvgIpc) is 3.44. The summed E-state index contributed by atoms with van der Waals surface area (Å²) in [5, 5.41) is 9.12. The van der Waals surface area contributed by atoms with E-state index >= 15 is 0 Å². The van der Waals surface area contributed by atoms with Gasteiger partial charge in [-0.1, -0.05) is 28.9 Å². The molecule has 1 aromatic carbocycles. The van der Waals surface area contributed by atoms with Gasteiger partial charge in [-0.05, 0) is 49.4 Å². The van der Waals surface area contributed by atoms with Crippen LogP contribution in [0.15, 0.2) is 47.0 Å². The third-order valence-corrected chi connectivity index (χ3v) is 7.67. The molecule has 0 unspecified atom stereocenters. The zero-order valence-electron chi connectivity index (χ0n) is 18.4. The maximum atomic E-state index is 13.1. The smallest absolute Gasteiger partial charge is 0.300 e. The Bertz CT molecular complexity index is 1390. The number of anilines is 1. The molecule has 8 rings (SSSR count). The Morgan fingerprint density at radius 1 is 1.00 bits per heavy atom. The molecule has 2 bridgehead atoms. The summed E-state index contributed by atoms with van der Waals surface area (Å²) in [5.41, 5.74) is 3.82. The summed E-state index contributed by atoms with van der Waals surface area (Å²) in [6.07, 6.45) is 5.73. The first-order chi connectivity index (χ1) is 16.6. The summed E-state index contributed by atoms with van der Waals surface area (Å²) < 4.78 is 7.86. The number of oxazole rings is 1. The molecule has 3 aliphatic carbocycles. The molecular formula is C24H22ClN7O2. The maximum absolute atomic E-state index is 13.1. The fourth-order valence-electron chi connectivity index (χ4n) is 5.33. The highest BCUT2D eigenvalue weighted by atomic mass is 35.5. The van der Waals surface area contributed by atoms with E-state index in [1.54, 1.807) is 12.1 Å². The van der Waals surface area contributed by atoms with Crippen LogP contribution in [0.1, 0.15) is 29.6 Å². The lowest BCUT2D eigenvalue weighted by Crippen LogP contribution is -2.59. The van der Waals surface area contributed by atoms with E-state index in [0.717, 1.165) is 17.2 Å². The molecule has 4 aromatic rings. The van der Waals surface area contributed by atoms with Gasteiger partial charge in [0.25, 0.3) is 11.9 Å². The second-order valence-electron chi connectivity index (χ2n) is 9.56. The molecule has 0 radical (unpaired) electrons. The number of aromatic nitrogens is 5. The zero-order chi connectivity index (χ0) is 22.9. The predicted octanol–water partition coefficient (Wildman–Crippen LogP) is 3.61. The van der Waals surface area contributed by atoms with Gasteiger partial charge in [0.2, 0.25) is 5.65 Å². The molecule has 0 spiro atoms. The average molecular weight is 476 g/mol. The first-order valence-electron chi connectivity index (χ1n) is 11.6. The van der Waals surface area contributed by atoms with Gasteiger partial charge in [-0.15, -0.1) is 5.10 Å². The van der Waals surface area contributed by atoms with Gasteiger partial charge in [0.1, 0.15) is 10.8 Å². The van der Waals surface area contributed by atoms with Crippen LogP contribution in [-0.2, 0) is 5.54 Å². The first kappa shape index (κ1) is 20.0. The van der Waals surface area contributed by atoms with Gasteiger partial charge in [0.15, 0.2) is 5.58 Å². The van der Waals surface area contributed by atoms with Crippen molar-refractivity contribution in [2.45, 2.75) is 24.8 Å². The molecular weight excluding hydrogens is 454 g/mol. The van der Waals surface area contributed by atoms with Crippen LogP contribution in [0.5, 0.6) is 0 Å². The SMILES string of the molecule is O=C(c1ccc(-c2cn(C34CC(C3)C4)nn2)cc1)N1CCN(c2nc3nc(Cl)ccc3o2)CC1. The van der Waals surface area contributed by atoms with E-state index < -0.39 is 0 Å². The zero-order valence-corrected chi connectivity index (χ0v) is 19.1. The minimum Gasteiger partial charge on any atom is -0.422 e. The molecule has 4 fully saturated rings. The Balaban J connectivity index is 1.01. The first-order valence-corrected chi connectivity index (χ1v) is 11.9. The number of rotatable bonds is 4. The van der Waals surface area contributed by atoms with E-state index in [1.165, 1.54) is 19.3 Å². The molecule has 0 atom stereocenters. The molecule has 0 N–H and O–H groups in total. The van der Waals surface area contributed by atoms with Crippen molar-refractivity contribution >= 4 is 34.8 Å². The Labute approximate surface area is 200 Å². The second-order valence-corrected chi connectivity index (χ2v) is 9.95. The fourth-order valence-corrected chi connectivity index (χ4v) is 5.47. The van der Waals surface area contributed by atoms with Gasteiger partial charge in [0, 0.05) is 37.3 Å². The van der Waals surface area contributed by atoms with Crippen LogP contribution in [0.4, 0.5) is 6.01 Å².